The molecule has 2 aromatic carbocycles. The Morgan fingerprint density at radius 2 is 1.74 bits per heavy atom. The molecule has 0 saturated heterocycles. The Morgan fingerprint density at radius 3 is 2.43 bits per heavy atom. The standard InChI is InChI=1S/C26H27N3O4S2/c1-18-6-9-21(10-7-18)35(31,32)16-4-5-23(30)29(17-20-12-14-27-15-13-20)26-28-24-22(33-3)11-8-19(2)25(24)34-26/h6-15H,4-5,16-17H2,1-3H3. The molecule has 2 aromatic heterocycles. The van der Waals surface area contributed by atoms with Gasteiger partial charge in [-0.25, -0.2) is 13.4 Å². The number of rotatable bonds is 9. The number of fused-ring (bicyclic) bond motifs is 1. The summed E-state index contributed by atoms with van der Waals surface area (Å²) in [6, 6.07) is 14.3. The summed E-state index contributed by atoms with van der Waals surface area (Å²) in [5.74, 6) is 0.364. The highest BCUT2D eigenvalue weighted by Crippen LogP contribution is 2.37. The summed E-state index contributed by atoms with van der Waals surface area (Å²) in [6.07, 6.45) is 3.66. The van der Waals surface area contributed by atoms with Gasteiger partial charge in [-0.2, -0.15) is 0 Å². The number of thiazole rings is 1. The third-order valence-electron chi connectivity index (χ3n) is 5.72. The average Bonchev–Trinajstić information content (AvgIpc) is 3.30. The molecule has 0 unspecified atom stereocenters. The number of hydrogen-bond donors (Lipinski definition) is 0. The summed E-state index contributed by atoms with van der Waals surface area (Å²) in [6.45, 7) is 4.22. The number of methoxy groups -OCH3 is 1. The number of pyridine rings is 1. The molecule has 4 aromatic rings. The first kappa shape index (κ1) is 24.8. The average molecular weight is 510 g/mol. The summed E-state index contributed by atoms with van der Waals surface area (Å²) in [5, 5.41) is 0.552. The van der Waals surface area contributed by atoms with Crippen molar-refractivity contribution in [2.75, 3.05) is 17.8 Å². The highest BCUT2D eigenvalue weighted by atomic mass is 32.2. The van der Waals surface area contributed by atoms with Crippen molar-refractivity contribution in [3.05, 3.63) is 77.6 Å². The van der Waals surface area contributed by atoms with E-state index >= 15 is 0 Å². The van der Waals surface area contributed by atoms with Gasteiger partial charge in [0.05, 0.1) is 29.0 Å². The van der Waals surface area contributed by atoms with Crippen molar-refractivity contribution < 1.29 is 17.9 Å². The number of hydrogen-bond acceptors (Lipinski definition) is 7. The van der Waals surface area contributed by atoms with Crippen molar-refractivity contribution in [1.82, 2.24) is 9.97 Å². The fourth-order valence-corrected chi connectivity index (χ4v) is 6.10. The molecule has 4 rings (SSSR count). The largest absolute Gasteiger partial charge is 0.494 e. The maximum Gasteiger partial charge on any atom is 0.229 e. The molecule has 0 saturated carbocycles. The molecule has 1 amide bonds. The second-order valence-electron chi connectivity index (χ2n) is 8.33. The Hall–Kier alpha value is -3.30. The smallest absolute Gasteiger partial charge is 0.229 e. The van der Waals surface area contributed by atoms with Crippen LogP contribution in [0.3, 0.4) is 0 Å². The van der Waals surface area contributed by atoms with Crippen molar-refractivity contribution in [2.45, 2.75) is 38.1 Å². The number of anilines is 1. The zero-order chi connectivity index (χ0) is 25.0. The van der Waals surface area contributed by atoms with Crippen LogP contribution in [0.5, 0.6) is 5.75 Å². The van der Waals surface area contributed by atoms with E-state index in [-0.39, 0.29) is 29.4 Å². The molecule has 0 fully saturated rings. The van der Waals surface area contributed by atoms with Gasteiger partial charge < -0.3 is 4.74 Å². The van der Waals surface area contributed by atoms with E-state index in [1.165, 1.54) is 11.3 Å². The zero-order valence-corrected chi connectivity index (χ0v) is 21.5. The number of aryl methyl sites for hydroxylation is 2. The maximum absolute atomic E-state index is 13.4. The van der Waals surface area contributed by atoms with Crippen LogP contribution in [-0.2, 0) is 21.2 Å². The Morgan fingerprint density at radius 1 is 1.03 bits per heavy atom. The van der Waals surface area contributed by atoms with E-state index in [4.69, 9.17) is 9.72 Å². The summed E-state index contributed by atoms with van der Waals surface area (Å²) in [7, 11) is -1.87. The number of ether oxygens (including phenoxy) is 1. The number of nitrogens with zero attached hydrogens (tertiary/aromatic N) is 3. The first-order valence-corrected chi connectivity index (χ1v) is 13.7. The topological polar surface area (TPSA) is 89.5 Å². The lowest BCUT2D eigenvalue weighted by molar-refractivity contribution is -0.118. The van der Waals surface area contributed by atoms with Crippen LogP contribution in [0, 0.1) is 13.8 Å². The molecule has 0 bridgehead atoms. The van der Waals surface area contributed by atoms with Gasteiger partial charge in [-0.15, -0.1) is 0 Å². The Bertz CT molecular complexity index is 1430. The Labute approximate surface area is 209 Å². The summed E-state index contributed by atoms with van der Waals surface area (Å²) in [4.78, 5) is 24.1. The predicted molar refractivity (Wildman–Crippen MR) is 139 cm³/mol. The molecule has 0 aliphatic carbocycles. The van der Waals surface area contributed by atoms with Crippen LogP contribution in [0.15, 0.2) is 65.8 Å². The normalized spacial score (nSPS) is 11.5. The number of carbonyl (C=O) groups excluding carboxylic acids is 1. The van der Waals surface area contributed by atoms with E-state index in [1.807, 2.05) is 38.1 Å². The Balaban J connectivity index is 1.57. The second kappa shape index (κ2) is 10.5. The zero-order valence-electron chi connectivity index (χ0n) is 19.9. The van der Waals surface area contributed by atoms with Gasteiger partial charge in [0.15, 0.2) is 15.0 Å². The predicted octanol–water partition coefficient (Wildman–Crippen LogP) is 5.10. The SMILES string of the molecule is COc1ccc(C)c2sc(N(Cc3ccncc3)C(=O)CCCS(=O)(=O)c3ccc(C)cc3)nc12. The van der Waals surface area contributed by atoms with Gasteiger partial charge in [-0.3, -0.25) is 14.7 Å². The molecule has 0 aliphatic heterocycles. The highest BCUT2D eigenvalue weighted by Gasteiger charge is 2.23. The highest BCUT2D eigenvalue weighted by molar-refractivity contribution is 7.91. The molecule has 7 nitrogen and oxygen atoms in total. The van der Waals surface area contributed by atoms with Gasteiger partial charge >= 0.3 is 0 Å². The molecule has 9 heteroatoms. The fourth-order valence-electron chi connectivity index (χ4n) is 3.72. The quantitative estimate of drug-likeness (QED) is 0.312. The number of benzene rings is 2. The third kappa shape index (κ3) is 5.68. The first-order valence-electron chi connectivity index (χ1n) is 11.2. The Kier molecular flexibility index (Phi) is 7.47. The molecule has 0 atom stereocenters. The molecular formula is C26H27N3O4S2. The van der Waals surface area contributed by atoms with Crippen LogP contribution >= 0.6 is 11.3 Å². The second-order valence-corrected chi connectivity index (χ2v) is 11.4. The van der Waals surface area contributed by atoms with E-state index < -0.39 is 9.84 Å². The van der Waals surface area contributed by atoms with Crippen LogP contribution in [0.2, 0.25) is 0 Å². The van der Waals surface area contributed by atoms with Crippen LogP contribution in [-0.4, -0.2) is 37.2 Å². The first-order chi connectivity index (χ1) is 16.8. The van der Waals surface area contributed by atoms with Gasteiger partial charge in [0.25, 0.3) is 0 Å². The lowest BCUT2D eigenvalue weighted by Gasteiger charge is -2.20. The van der Waals surface area contributed by atoms with E-state index in [2.05, 4.69) is 4.98 Å². The van der Waals surface area contributed by atoms with Crippen molar-refractivity contribution >= 4 is 42.4 Å². The van der Waals surface area contributed by atoms with Gasteiger partial charge in [0.2, 0.25) is 5.91 Å². The van der Waals surface area contributed by atoms with E-state index in [9.17, 15) is 13.2 Å². The number of aromatic nitrogens is 2. The minimum absolute atomic E-state index is 0.0855. The molecule has 2 heterocycles. The fraction of sp³-hybridized carbons (Fsp3) is 0.269. The van der Waals surface area contributed by atoms with Crippen molar-refractivity contribution in [3.8, 4) is 5.75 Å². The summed E-state index contributed by atoms with van der Waals surface area (Å²) >= 11 is 1.43. The molecule has 35 heavy (non-hydrogen) atoms. The van der Waals surface area contributed by atoms with E-state index in [0.29, 0.717) is 22.9 Å². The molecule has 0 radical (unpaired) electrons. The molecule has 0 spiro atoms. The van der Waals surface area contributed by atoms with Crippen LogP contribution in [0.4, 0.5) is 5.13 Å². The molecule has 0 aliphatic rings. The number of amides is 1. The maximum atomic E-state index is 13.4. The lowest BCUT2D eigenvalue weighted by Crippen LogP contribution is -2.30. The van der Waals surface area contributed by atoms with Crippen LogP contribution < -0.4 is 9.64 Å². The van der Waals surface area contributed by atoms with Crippen molar-refractivity contribution in [3.63, 3.8) is 0 Å². The van der Waals surface area contributed by atoms with Gasteiger partial charge in [0, 0.05) is 18.8 Å². The van der Waals surface area contributed by atoms with Gasteiger partial charge in [-0.05, 0) is 61.7 Å². The third-order valence-corrected chi connectivity index (χ3v) is 8.75. The van der Waals surface area contributed by atoms with E-state index in [1.54, 1.807) is 48.7 Å². The van der Waals surface area contributed by atoms with Crippen molar-refractivity contribution in [1.29, 1.82) is 0 Å². The van der Waals surface area contributed by atoms with Gasteiger partial charge in [0.1, 0.15) is 11.3 Å². The molecule has 0 N–H and O–H groups in total. The number of sulfone groups is 1. The van der Waals surface area contributed by atoms with Crippen molar-refractivity contribution in [2.24, 2.45) is 0 Å². The molecular weight excluding hydrogens is 482 g/mol. The van der Waals surface area contributed by atoms with E-state index in [0.717, 1.165) is 21.4 Å². The van der Waals surface area contributed by atoms with Crippen LogP contribution in [0.25, 0.3) is 10.2 Å². The van der Waals surface area contributed by atoms with Gasteiger partial charge in [-0.1, -0.05) is 35.1 Å². The summed E-state index contributed by atoms with van der Waals surface area (Å²) in [5.41, 5.74) is 3.66. The minimum atomic E-state index is -3.47. The monoisotopic (exact) mass is 509 g/mol. The molecule has 182 valence electrons. The number of carbonyl (C=O) groups is 1. The van der Waals surface area contributed by atoms with Crippen LogP contribution in [0.1, 0.15) is 29.5 Å². The summed E-state index contributed by atoms with van der Waals surface area (Å²) < 4.78 is 31.9. The lowest BCUT2D eigenvalue weighted by atomic mass is 10.2. The minimum Gasteiger partial charge on any atom is -0.494 e.